The van der Waals surface area contributed by atoms with Crippen LogP contribution in [0.1, 0.15) is 22.5 Å². The second-order valence-corrected chi connectivity index (χ2v) is 11.4. The Morgan fingerprint density at radius 2 is 1.34 bits per heavy atom. The van der Waals surface area contributed by atoms with Crippen molar-refractivity contribution < 1.29 is 9.47 Å². The molecule has 2 fully saturated rings. The largest absolute Gasteiger partial charge is 0.396 e. The van der Waals surface area contributed by atoms with Crippen molar-refractivity contribution in [2.24, 2.45) is 15.7 Å². The van der Waals surface area contributed by atoms with Crippen LogP contribution in [0.2, 0.25) is 0 Å². The van der Waals surface area contributed by atoms with Crippen molar-refractivity contribution in [3.8, 4) is 0 Å². The number of amidine groups is 2. The van der Waals surface area contributed by atoms with E-state index in [1.807, 2.05) is 21.2 Å². The van der Waals surface area contributed by atoms with Crippen LogP contribution >= 0.6 is 0 Å². The van der Waals surface area contributed by atoms with E-state index in [1.54, 1.807) is 6.08 Å². The van der Waals surface area contributed by atoms with Gasteiger partial charge >= 0.3 is 0 Å². The number of aromatic nitrogens is 4. The Labute approximate surface area is 255 Å². The lowest BCUT2D eigenvalue weighted by Crippen LogP contribution is -2.37. The average molecular weight is 596 g/mol. The summed E-state index contributed by atoms with van der Waals surface area (Å²) in [5, 5.41) is 22.2. The van der Waals surface area contributed by atoms with Gasteiger partial charge in [0.1, 0.15) is 11.4 Å². The molecule has 4 aromatic heterocycles. The van der Waals surface area contributed by atoms with Gasteiger partial charge in [-0.1, -0.05) is 12.1 Å². The summed E-state index contributed by atoms with van der Waals surface area (Å²) < 4.78 is 15.1. The molecule has 7 rings (SSSR count). The Morgan fingerprint density at radius 3 is 1.98 bits per heavy atom. The molecule has 0 bridgehead atoms. The Bertz CT molecular complexity index is 1890. The lowest BCUT2D eigenvalue weighted by molar-refractivity contribution is 0.122. The highest BCUT2D eigenvalue weighted by Crippen LogP contribution is 2.36. The van der Waals surface area contributed by atoms with Crippen molar-refractivity contribution >= 4 is 51.4 Å². The molecule has 0 spiro atoms. The van der Waals surface area contributed by atoms with Crippen LogP contribution in [0.3, 0.4) is 0 Å². The standard InChI is InChI=1S/C31H37N11O2/c1-18-5-7-24-26(30(37-41(24)20(18)3)39-9-13-43-14-10-39)34-28-22(32)17-23(33)29(36-28)35-27-25-8-6-19(2)21(4)42(25)38-31(27)40-11-15-44-16-12-40/h5-8,17,32H,9-16,33H2,1-4H3,(H,34,35,36). The van der Waals surface area contributed by atoms with Crippen LogP contribution in [-0.2, 0) is 9.47 Å². The van der Waals surface area contributed by atoms with Crippen LogP contribution in [-0.4, -0.2) is 89.2 Å². The lowest BCUT2D eigenvalue weighted by atomic mass is 10.2. The molecule has 3 aliphatic heterocycles. The van der Waals surface area contributed by atoms with Crippen molar-refractivity contribution in [1.82, 2.24) is 19.2 Å². The maximum atomic E-state index is 8.80. The number of nitrogens with two attached hydrogens (primary N) is 1. The zero-order chi connectivity index (χ0) is 30.5. The summed E-state index contributed by atoms with van der Waals surface area (Å²) in [6, 6.07) is 8.24. The van der Waals surface area contributed by atoms with Gasteiger partial charge in [-0.2, -0.15) is 0 Å². The number of aliphatic imine (C=N–C) groups is 2. The molecule has 0 aliphatic carbocycles. The second kappa shape index (κ2) is 11.1. The Morgan fingerprint density at radius 1 is 0.795 bits per heavy atom. The summed E-state index contributed by atoms with van der Waals surface area (Å²) in [7, 11) is 0. The van der Waals surface area contributed by atoms with E-state index < -0.39 is 0 Å². The number of pyridine rings is 2. The van der Waals surface area contributed by atoms with Gasteiger partial charge in [0, 0.05) is 37.6 Å². The van der Waals surface area contributed by atoms with E-state index >= 15 is 0 Å². The number of fused-ring (bicyclic) bond motifs is 2. The predicted molar refractivity (Wildman–Crippen MR) is 174 cm³/mol. The summed E-state index contributed by atoms with van der Waals surface area (Å²) in [5.74, 6) is 2.22. The highest BCUT2D eigenvalue weighted by atomic mass is 16.5. The first kappa shape index (κ1) is 28.0. The molecule has 2 saturated heterocycles. The molecule has 4 N–H and O–H groups in total. The number of morpholine rings is 2. The minimum atomic E-state index is 0.164. The quantitative estimate of drug-likeness (QED) is 0.326. The fourth-order valence-electron chi connectivity index (χ4n) is 5.77. The molecule has 13 nitrogen and oxygen atoms in total. The molecule has 4 aromatic rings. The molecule has 13 heteroatoms. The molecule has 228 valence electrons. The number of hydrogen-bond donors (Lipinski definition) is 3. The van der Waals surface area contributed by atoms with Gasteiger partial charge in [0.2, 0.25) is 0 Å². The predicted octanol–water partition coefficient (Wildman–Crippen LogP) is 3.31. The van der Waals surface area contributed by atoms with Gasteiger partial charge in [0.25, 0.3) is 0 Å². The minimum Gasteiger partial charge on any atom is -0.396 e. The number of rotatable bonds is 4. The molecule has 0 aromatic carbocycles. The van der Waals surface area contributed by atoms with Gasteiger partial charge in [-0.3, -0.25) is 5.41 Å². The van der Waals surface area contributed by atoms with Crippen LogP contribution in [0, 0.1) is 33.1 Å². The maximum absolute atomic E-state index is 8.80. The number of ether oxygens (including phenoxy) is 2. The third-order valence-electron chi connectivity index (χ3n) is 8.65. The summed E-state index contributed by atoms with van der Waals surface area (Å²) in [5.41, 5.74) is 14.6. The van der Waals surface area contributed by atoms with Crippen molar-refractivity contribution in [2.75, 3.05) is 67.7 Å². The highest BCUT2D eigenvalue weighted by Gasteiger charge is 2.27. The molecule has 0 amide bonds. The third-order valence-corrected chi connectivity index (χ3v) is 8.65. The zero-order valence-electron chi connectivity index (χ0n) is 25.5. The van der Waals surface area contributed by atoms with Crippen molar-refractivity contribution in [3.05, 3.63) is 58.6 Å². The van der Waals surface area contributed by atoms with E-state index in [-0.39, 0.29) is 5.71 Å². The molecule has 0 unspecified atom stereocenters. The van der Waals surface area contributed by atoms with E-state index in [4.69, 9.17) is 40.8 Å². The van der Waals surface area contributed by atoms with Gasteiger partial charge in [-0.25, -0.2) is 19.0 Å². The smallest absolute Gasteiger partial charge is 0.178 e. The number of aryl methyl sites for hydroxylation is 4. The fraction of sp³-hybridized carbons (Fsp3) is 0.387. The first-order chi connectivity index (χ1) is 21.3. The Kier molecular flexibility index (Phi) is 7.05. The van der Waals surface area contributed by atoms with Crippen LogP contribution in [0.25, 0.3) is 11.0 Å². The van der Waals surface area contributed by atoms with Gasteiger partial charge in [0.15, 0.2) is 23.3 Å². The topological polar surface area (TPSA) is 146 Å². The van der Waals surface area contributed by atoms with E-state index in [1.165, 1.54) is 0 Å². The second-order valence-electron chi connectivity index (χ2n) is 11.4. The van der Waals surface area contributed by atoms with Crippen LogP contribution in [0.5, 0.6) is 0 Å². The monoisotopic (exact) mass is 595 g/mol. The summed E-state index contributed by atoms with van der Waals surface area (Å²) >= 11 is 0. The van der Waals surface area contributed by atoms with Crippen LogP contribution in [0.15, 0.2) is 46.0 Å². The maximum Gasteiger partial charge on any atom is 0.178 e. The molecule has 0 saturated carbocycles. The van der Waals surface area contributed by atoms with Crippen molar-refractivity contribution in [1.29, 1.82) is 5.41 Å². The van der Waals surface area contributed by atoms with Crippen molar-refractivity contribution in [3.63, 3.8) is 0 Å². The zero-order valence-corrected chi connectivity index (χ0v) is 25.5. The van der Waals surface area contributed by atoms with E-state index in [0.717, 1.165) is 64.0 Å². The van der Waals surface area contributed by atoms with Crippen LogP contribution < -0.4 is 20.9 Å². The fourth-order valence-corrected chi connectivity index (χ4v) is 5.77. The molecular formula is C31H37N11O2. The third kappa shape index (κ3) is 4.77. The van der Waals surface area contributed by atoms with E-state index in [0.29, 0.717) is 62.6 Å². The Hall–Kier alpha value is -4.75. The Balaban J connectivity index is 1.34. The molecule has 0 atom stereocenters. The van der Waals surface area contributed by atoms with Crippen molar-refractivity contribution in [2.45, 2.75) is 27.7 Å². The molecule has 0 radical (unpaired) electrons. The number of nitrogens with one attached hydrogen (secondary N) is 2. The summed E-state index contributed by atoms with van der Waals surface area (Å²) in [6.07, 6.45) is 1.60. The molecule has 7 heterocycles. The molecule has 44 heavy (non-hydrogen) atoms. The molecular weight excluding hydrogens is 558 g/mol. The van der Waals surface area contributed by atoms with Gasteiger partial charge in [-0.05, 0) is 57.0 Å². The summed E-state index contributed by atoms with van der Waals surface area (Å²) in [6.45, 7) is 13.6. The van der Waals surface area contributed by atoms with Gasteiger partial charge < -0.3 is 30.3 Å². The average Bonchev–Trinajstić information content (AvgIpc) is 3.59. The van der Waals surface area contributed by atoms with Gasteiger partial charge in [0.05, 0.1) is 48.9 Å². The van der Waals surface area contributed by atoms with E-state index in [9.17, 15) is 0 Å². The SMILES string of the molecule is Cc1ccc2c(N=C3N=C(Nc4c(N5CCOCC5)nn5c(C)c(C)ccc45)C(=N)C=C3N)c(N3CCOCC3)nn2c1C. The highest BCUT2D eigenvalue weighted by molar-refractivity contribution is 6.52. The summed E-state index contributed by atoms with van der Waals surface area (Å²) in [4.78, 5) is 14.3. The van der Waals surface area contributed by atoms with Crippen LogP contribution in [0.4, 0.5) is 23.0 Å². The number of anilines is 3. The number of nitrogens with zero attached hydrogens (tertiary/aromatic N) is 8. The number of hydrogen-bond acceptors (Lipinski definition) is 10. The first-order valence-corrected chi connectivity index (χ1v) is 14.9. The van der Waals surface area contributed by atoms with Gasteiger partial charge in [-0.15, -0.1) is 10.2 Å². The van der Waals surface area contributed by atoms with E-state index in [2.05, 4.69) is 54.9 Å². The minimum absolute atomic E-state index is 0.164. The normalized spacial score (nSPS) is 18.8. The lowest BCUT2D eigenvalue weighted by Gasteiger charge is -2.28. The number of dihydropyridines is 1. The first-order valence-electron chi connectivity index (χ1n) is 14.9. The molecule has 3 aliphatic rings.